The molecular formula is C21H19N5O2. The Balaban J connectivity index is 1.94. The highest BCUT2D eigenvalue weighted by atomic mass is 16.5. The first-order valence-electron chi connectivity index (χ1n) is 8.57. The molecule has 0 unspecified atom stereocenters. The molecule has 0 bridgehead atoms. The van der Waals surface area contributed by atoms with Crippen LogP contribution in [0, 0.1) is 25.3 Å². The fraction of sp³-hybridized carbons (Fsp3) is 0.143. The summed E-state index contributed by atoms with van der Waals surface area (Å²) in [5.41, 5.74) is 4.32. The van der Waals surface area contributed by atoms with Gasteiger partial charge in [-0.05, 0) is 67.4 Å². The normalized spacial score (nSPS) is 10.1. The van der Waals surface area contributed by atoms with E-state index >= 15 is 0 Å². The van der Waals surface area contributed by atoms with Crippen LogP contribution >= 0.6 is 0 Å². The minimum atomic E-state index is -0.388. The van der Waals surface area contributed by atoms with Crippen molar-refractivity contribution in [2.75, 3.05) is 17.7 Å². The third-order valence-electron chi connectivity index (χ3n) is 4.28. The SMILES string of the molecule is COc1ccc(-c2cc(C(=O)Nc3ccc(C)c(C)c3)nc(NC#N)n2)cc1. The molecule has 2 aromatic carbocycles. The van der Waals surface area contributed by atoms with E-state index in [9.17, 15) is 4.79 Å². The van der Waals surface area contributed by atoms with Crippen LogP contribution in [0.4, 0.5) is 11.6 Å². The van der Waals surface area contributed by atoms with Gasteiger partial charge in [0.2, 0.25) is 5.95 Å². The molecule has 1 amide bonds. The summed E-state index contributed by atoms with van der Waals surface area (Å²) in [6.45, 7) is 3.98. The van der Waals surface area contributed by atoms with Crippen molar-refractivity contribution in [3.05, 3.63) is 65.4 Å². The minimum absolute atomic E-state index is 0.0565. The van der Waals surface area contributed by atoms with Crippen LogP contribution in [0.25, 0.3) is 11.3 Å². The topological polar surface area (TPSA) is 99.9 Å². The van der Waals surface area contributed by atoms with Crippen LogP contribution < -0.4 is 15.4 Å². The lowest BCUT2D eigenvalue weighted by Gasteiger charge is -2.10. The summed E-state index contributed by atoms with van der Waals surface area (Å²) < 4.78 is 5.16. The molecule has 0 aliphatic carbocycles. The Bertz CT molecular complexity index is 1060. The molecular weight excluding hydrogens is 354 g/mol. The van der Waals surface area contributed by atoms with Crippen LogP contribution in [0.2, 0.25) is 0 Å². The molecule has 1 aromatic heterocycles. The fourth-order valence-corrected chi connectivity index (χ4v) is 2.59. The predicted octanol–water partition coefficient (Wildman–Crippen LogP) is 3.91. The highest BCUT2D eigenvalue weighted by Crippen LogP contribution is 2.23. The van der Waals surface area contributed by atoms with Crippen LogP contribution in [0.15, 0.2) is 48.5 Å². The molecule has 0 aliphatic rings. The summed E-state index contributed by atoms with van der Waals surface area (Å²) in [5.74, 6) is 0.378. The number of nitriles is 1. The molecule has 28 heavy (non-hydrogen) atoms. The summed E-state index contributed by atoms with van der Waals surface area (Å²) in [4.78, 5) is 21.2. The van der Waals surface area contributed by atoms with Crippen molar-refractivity contribution < 1.29 is 9.53 Å². The zero-order valence-electron chi connectivity index (χ0n) is 15.8. The van der Waals surface area contributed by atoms with Gasteiger partial charge < -0.3 is 10.1 Å². The Labute approximate surface area is 163 Å². The molecule has 2 N–H and O–H groups in total. The molecule has 7 heteroatoms. The Morgan fingerprint density at radius 1 is 1.04 bits per heavy atom. The second kappa shape index (κ2) is 8.18. The zero-order valence-corrected chi connectivity index (χ0v) is 15.8. The van der Waals surface area contributed by atoms with E-state index in [0.29, 0.717) is 17.1 Å². The van der Waals surface area contributed by atoms with Gasteiger partial charge in [-0.2, -0.15) is 5.26 Å². The number of nitrogens with one attached hydrogen (secondary N) is 2. The molecule has 140 valence electrons. The van der Waals surface area contributed by atoms with Gasteiger partial charge in [0.15, 0.2) is 6.19 Å². The number of benzene rings is 2. The lowest BCUT2D eigenvalue weighted by molar-refractivity contribution is 0.102. The van der Waals surface area contributed by atoms with Crippen LogP contribution in [-0.4, -0.2) is 23.0 Å². The maximum Gasteiger partial charge on any atom is 0.274 e. The molecule has 0 radical (unpaired) electrons. The van der Waals surface area contributed by atoms with E-state index in [0.717, 1.165) is 16.7 Å². The average molecular weight is 373 g/mol. The van der Waals surface area contributed by atoms with Crippen molar-refractivity contribution in [2.24, 2.45) is 0 Å². The van der Waals surface area contributed by atoms with Gasteiger partial charge in [0.1, 0.15) is 11.4 Å². The summed E-state index contributed by atoms with van der Waals surface area (Å²) >= 11 is 0. The Kier molecular flexibility index (Phi) is 5.51. The monoisotopic (exact) mass is 373 g/mol. The number of hydrogen-bond donors (Lipinski definition) is 2. The van der Waals surface area contributed by atoms with E-state index in [1.165, 1.54) is 0 Å². The fourth-order valence-electron chi connectivity index (χ4n) is 2.59. The number of rotatable bonds is 5. The second-order valence-electron chi connectivity index (χ2n) is 6.18. The maximum absolute atomic E-state index is 12.7. The van der Waals surface area contributed by atoms with Gasteiger partial charge in [-0.3, -0.25) is 10.1 Å². The number of aromatic nitrogens is 2. The van der Waals surface area contributed by atoms with E-state index in [1.54, 1.807) is 31.5 Å². The van der Waals surface area contributed by atoms with Crippen molar-refractivity contribution in [2.45, 2.75) is 13.8 Å². The van der Waals surface area contributed by atoms with Gasteiger partial charge in [-0.1, -0.05) is 6.07 Å². The number of amides is 1. The molecule has 0 fully saturated rings. The number of methoxy groups -OCH3 is 1. The summed E-state index contributed by atoms with van der Waals surface area (Å²) in [6.07, 6.45) is 1.78. The Hall–Kier alpha value is -3.92. The van der Waals surface area contributed by atoms with E-state index in [2.05, 4.69) is 20.6 Å². The predicted molar refractivity (Wildman–Crippen MR) is 107 cm³/mol. The number of carbonyl (C=O) groups excluding carboxylic acids is 1. The molecule has 0 saturated carbocycles. The molecule has 0 spiro atoms. The van der Waals surface area contributed by atoms with Gasteiger partial charge in [0, 0.05) is 11.3 Å². The van der Waals surface area contributed by atoms with Gasteiger partial charge in [0.25, 0.3) is 5.91 Å². The zero-order chi connectivity index (χ0) is 20.1. The standard InChI is InChI=1S/C21H19N5O2/c1-13-4-7-16(10-14(13)2)24-20(27)19-11-18(25-21(26-19)23-12-22)15-5-8-17(28-3)9-6-15/h4-11H,1-3H3,(H,24,27)(H,23,25,26). The van der Waals surface area contributed by atoms with Crippen molar-refractivity contribution in [1.82, 2.24) is 9.97 Å². The molecule has 7 nitrogen and oxygen atoms in total. The van der Waals surface area contributed by atoms with E-state index in [-0.39, 0.29) is 17.5 Å². The third-order valence-corrected chi connectivity index (χ3v) is 4.28. The van der Waals surface area contributed by atoms with Gasteiger partial charge >= 0.3 is 0 Å². The van der Waals surface area contributed by atoms with Crippen LogP contribution in [-0.2, 0) is 0 Å². The van der Waals surface area contributed by atoms with Crippen molar-refractivity contribution in [3.63, 3.8) is 0 Å². The summed E-state index contributed by atoms with van der Waals surface area (Å²) in [7, 11) is 1.59. The van der Waals surface area contributed by atoms with Crippen molar-refractivity contribution in [3.8, 4) is 23.2 Å². The number of ether oxygens (including phenoxy) is 1. The van der Waals surface area contributed by atoms with Crippen molar-refractivity contribution >= 4 is 17.5 Å². The smallest absolute Gasteiger partial charge is 0.274 e. The van der Waals surface area contributed by atoms with Crippen LogP contribution in [0.1, 0.15) is 21.6 Å². The number of hydrogen-bond acceptors (Lipinski definition) is 6. The molecule has 0 atom stereocenters. The number of anilines is 2. The van der Waals surface area contributed by atoms with E-state index in [4.69, 9.17) is 10.00 Å². The molecule has 3 aromatic rings. The highest BCUT2D eigenvalue weighted by Gasteiger charge is 2.14. The molecule has 0 aliphatic heterocycles. The van der Waals surface area contributed by atoms with E-state index < -0.39 is 0 Å². The quantitative estimate of drug-likeness (QED) is 0.519. The number of aryl methyl sites for hydroxylation is 2. The Morgan fingerprint density at radius 2 is 1.79 bits per heavy atom. The first-order valence-corrected chi connectivity index (χ1v) is 8.57. The second-order valence-corrected chi connectivity index (χ2v) is 6.18. The number of carbonyl (C=O) groups is 1. The summed E-state index contributed by atoms with van der Waals surface area (Å²) in [5, 5.41) is 14.1. The lowest BCUT2D eigenvalue weighted by Crippen LogP contribution is -2.15. The lowest BCUT2D eigenvalue weighted by atomic mass is 10.1. The molecule has 0 saturated heterocycles. The van der Waals surface area contributed by atoms with Gasteiger partial charge in [0.05, 0.1) is 12.8 Å². The van der Waals surface area contributed by atoms with Gasteiger partial charge in [-0.25, -0.2) is 9.97 Å². The maximum atomic E-state index is 12.7. The highest BCUT2D eigenvalue weighted by molar-refractivity contribution is 6.03. The first-order chi connectivity index (χ1) is 13.5. The Morgan fingerprint density at radius 3 is 2.43 bits per heavy atom. The largest absolute Gasteiger partial charge is 0.497 e. The minimum Gasteiger partial charge on any atom is -0.497 e. The van der Waals surface area contributed by atoms with Crippen LogP contribution in [0.5, 0.6) is 5.75 Å². The average Bonchev–Trinajstić information content (AvgIpc) is 2.71. The summed E-state index contributed by atoms with van der Waals surface area (Å²) in [6, 6.07) is 14.5. The number of nitrogens with zero attached hydrogens (tertiary/aromatic N) is 3. The first kappa shape index (κ1) is 18.9. The van der Waals surface area contributed by atoms with Gasteiger partial charge in [-0.15, -0.1) is 0 Å². The van der Waals surface area contributed by atoms with E-state index in [1.807, 2.05) is 44.2 Å². The van der Waals surface area contributed by atoms with Crippen molar-refractivity contribution in [1.29, 1.82) is 5.26 Å². The third kappa shape index (κ3) is 4.24. The molecule has 3 rings (SSSR count). The molecule has 1 heterocycles. The van der Waals surface area contributed by atoms with Crippen LogP contribution in [0.3, 0.4) is 0 Å².